The number of alkyl halides is 3. The first kappa shape index (κ1) is 19.6. The van der Waals surface area contributed by atoms with Gasteiger partial charge >= 0.3 is 6.36 Å². The molecule has 0 aliphatic heterocycles. The van der Waals surface area contributed by atoms with Crippen molar-refractivity contribution in [3.63, 3.8) is 0 Å². The first-order valence-electron chi connectivity index (χ1n) is 7.21. The van der Waals surface area contributed by atoms with Crippen LogP contribution in [-0.2, 0) is 11.2 Å². The molecule has 1 aliphatic rings. The number of rotatable bonds is 7. The van der Waals surface area contributed by atoms with Crippen molar-refractivity contribution in [2.45, 2.75) is 38.1 Å². The summed E-state index contributed by atoms with van der Waals surface area (Å²) in [4.78, 5) is 11.7. The Hall–Kier alpha value is -1.47. The molecule has 130 valence electrons. The van der Waals surface area contributed by atoms with Crippen LogP contribution in [0.3, 0.4) is 0 Å². The van der Waals surface area contributed by atoms with Gasteiger partial charge in [0.05, 0.1) is 0 Å². The van der Waals surface area contributed by atoms with Gasteiger partial charge in [-0.25, -0.2) is 0 Å². The number of amides is 1. The van der Waals surface area contributed by atoms with Crippen LogP contribution >= 0.6 is 12.4 Å². The standard InChI is InChI=1S/C15H19F3N2O2.ClH/c16-15(17,18)22-13-4-2-1-3-11(13)7-8-14(21)20-9-12(19)10-5-6-10;/h1-4,10,12H,5-9,19H2,(H,20,21);1H. The van der Waals surface area contributed by atoms with Crippen molar-refractivity contribution in [1.29, 1.82) is 0 Å². The lowest BCUT2D eigenvalue weighted by Crippen LogP contribution is -2.38. The molecule has 4 nitrogen and oxygen atoms in total. The third-order valence-electron chi connectivity index (χ3n) is 3.58. The lowest BCUT2D eigenvalue weighted by molar-refractivity contribution is -0.274. The van der Waals surface area contributed by atoms with E-state index >= 15 is 0 Å². The Kier molecular flexibility index (Phi) is 7.15. The minimum atomic E-state index is -4.74. The topological polar surface area (TPSA) is 64.3 Å². The summed E-state index contributed by atoms with van der Waals surface area (Å²) in [6.07, 6.45) is -2.28. The van der Waals surface area contributed by atoms with E-state index in [0.717, 1.165) is 12.8 Å². The van der Waals surface area contributed by atoms with Gasteiger partial charge in [-0.2, -0.15) is 0 Å². The quantitative estimate of drug-likeness (QED) is 0.793. The average Bonchev–Trinajstić information content (AvgIpc) is 3.26. The second kappa shape index (κ2) is 8.40. The minimum Gasteiger partial charge on any atom is -0.406 e. The zero-order chi connectivity index (χ0) is 16.2. The molecular formula is C15H20ClF3N2O2. The molecule has 1 aromatic carbocycles. The lowest BCUT2D eigenvalue weighted by Gasteiger charge is -2.14. The molecule has 1 fully saturated rings. The van der Waals surface area contributed by atoms with Gasteiger partial charge in [-0.05, 0) is 36.8 Å². The van der Waals surface area contributed by atoms with Crippen molar-refractivity contribution in [1.82, 2.24) is 5.32 Å². The van der Waals surface area contributed by atoms with E-state index in [0.29, 0.717) is 18.0 Å². The predicted octanol–water partition coefficient (Wildman–Crippen LogP) is 2.79. The average molecular weight is 353 g/mol. The Bertz CT molecular complexity index is 522. The summed E-state index contributed by atoms with van der Waals surface area (Å²) in [7, 11) is 0. The summed E-state index contributed by atoms with van der Waals surface area (Å²) < 4.78 is 40.8. The van der Waals surface area contributed by atoms with Gasteiger partial charge in [0.15, 0.2) is 0 Å². The number of halogens is 4. The zero-order valence-electron chi connectivity index (χ0n) is 12.4. The van der Waals surface area contributed by atoms with Gasteiger partial charge in [-0.1, -0.05) is 18.2 Å². The summed E-state index contributed by atoms with van der Waals surface area (Å²) in [5.41, 5.74) is 6.22. The van der Waals surface area contributed by atoms with Crippen LogP contribution in [0.15, 0.2) is 24.3 Å². The van der Waals surface area contributed by atoms with Crippen LogP contribution in [0.4, 0.5) is 13.2 Å². The summed E-state index contributed by atoms with van der Waals surface area (Å²) in [6.45, 7) is 0.407. The SMILES string of the molecule is Cl.NC(CNC(=O)CCc1ccccc1OC(F)(F)F)C1CC1. The number of benzene rings is 1. The number of nitrogens with one attached hydrogen (secondary N) is 1. The first-order chi connectivity index (χ1) is 10.3. The molecule has 1 aromatic rings. The Morgan fingerprint density at radius 1 is 1.35 bits per heavy atom. The Morgan fingerprint density at radius 3 is 2.61 bits per heavy atom. The van der Waals surface area contributed by atoms with Gasteiger partial charge in [0.25, 0.3) is 0 Å². The lowest BCUT2D eigenvalue weighted by atomic mass is 10.1. The summed E-state index contributed by atoms with van der Waals surface area (Å²) >= 11 is 0. The monoisotopic (exact) mass is 352 g/mol. The second-order valence-electron chi connectivity index (χ2n) is 5.46. The molecule has 1 saturated carbocycles. The van der Waals surface area contributed by atoms with Crippen molar-refractivity contribution in [3.8, 4) is 5.75 Å². The Balaban J connectivity index is 0.00000264. The molecule has 0 heterocycles. The maximum atomic E-state index is 12.3. The largest absolute Gasteiger partial charge is 0.573 e. The highest BCUT2D eigenvalue weighted by Gasteiger charge is 2.32. The summed E-state index contributed by atoms with van der Waals surface area (Å²) in [6, 6.07) is 5.79. The van der Waals surface area contributed by atoms with Crippen LogP contribution in [-0.4, -0.2) is 24.9 Å². The Morgan fingerprint density at radius 2 is 2.00 bits per heavy atom. The normalized spacial score (nSPS) is 15.5. The van der Waals surface area contributed by atoms with Crippen LogP contribution in [0.2, 0.25) is 0 Å². The predicted molar refractivity (Wildman–Crippen MR) is 82.4 cm³/mol. The fourth-order valence-corrected chi connectivity index (χ4v) is 2.19. The van der Waals surface area contributed by atoms with E-state index in [1.165, 1.54) is 18.2 Å². The molecule has 1 atom stereocenters. The number of para-hydroxylation sites is 1. The van der Waals surface area contributed by atoms with Crippen LogP contribution in [0, 0.1) is 5.92 Å². The van der Waals surface area contributed by atoms with Crippen molar-refractivity contribution < 1.29 is 22.7 Å². The number of hydrogen-bond donors (Lipinski definition) is 2. The Labute approximate surface area is 139 Å². The smallest absolute Gasteiger partial charge is 0.406 e. The number of ether oxygens (including phenoxy) is 1. The van der Waals surface area contributed by atoms with Crippen LogP contribution in [0.1, 0.15) is 24.8 Å². The second-order valence-corrected chi connectivity index (χ2v) is 5.46. The van der Waals surface area contributed by atoms with E-state index in [9.17, 15) is 18.0 Å². The van der Waals surface area contributed by atoms with Crippen molar-refractivity contribution >= 4 is 18.3 Å². The highest BCUT2D eigenvalue weighted by molar-refractivity contribution is 5.85. The van der Waals surface area contributed by atoms with Gasteiger partial charge < -0.3 is 15.8 Å². The number of aryl methyl sites for hydroxylation is 1. The molecule has 1 aliphatic carbocycles. The van der Waals surface area contributed by atoms with Crippen molar-refractivity contribution in [2.24, 2.45) is 11.7 Å². The molecule has 23 heavy (non-hydrogen) atoms. The number of nitrogens with two attached hydrogens (primary N) is 1. The summed E-state index contributed by atoms with van der Waals surface area (Å²) in [5.74, 6) is -0.00314. The fraction of sp³-hybridized carbons (Fsp3) is 0.533. The molecule has 0 aromatic heterocycles. The van der Waals surface area contributed by atoms with E-state index < -0.39 is 6.36 Å². The molecule has 2 rings (SSSR count). The number of carbonyl (C=O) groups is 1. The molecule has 3 N–H and O–H groups in total. The minimum absolute atomic E-state index is 0. The van der Waals surface area contributed by atoms with E-state index in [2.05, 4.69) is 10.1 Å². The molecule has 0 bridgehead atoms. The first-order valence-corrected chi connectivity index (χ1v) is 7.21. The van der Waals surface area contributed by atoms with Gasteiger partial charge in [0.1, 0.15) is 5.75 Å². The highest BCUT2D eigenvalue weighted by atomic mass is 35.5. The van der Waals surface area contributed by atoms with Crippen LogP contribution < -0.4 is 15.8 Å². The van der Waals surface area contributed by atoms with E-state index in [4.69, 9.17) is 5.73 Å². The third-order valence-corrected chi connectivity index (χ3v) is 3.58. The van der Waals surface area contributed by atoms with Gasteiger partial charge in [0, 0.05) is 19.0 Å². The maximum Gasteiger partial charge on any atom is 0.573 e. The molecule has 1 amide bonds. The third kappa shape index (κ3) is 7.09. The van der Waals surface area contributed by atoms with Crippen molar-refractivity contribution in [3.05, 3.63) is 29.8 Å². The van der Waals surface area contributed by atoms with Crippen LogP contribution in [0.5, 0.6) is 5.75 Å². The van der Waals surface area contributed by atoms with Gasteiger partial charge in [-0.3, -0.25) is 4.79 Å². The zero-order valence-corrected chi connectivity index (χ0v) is 13.3. The van der Waals surface area contributed by atoms with Gasteiger partial charge in [-0.15, -0.1) is 25.6 Å². The molecule has 0 radical (unpaired) electrons. The number of hydrogen-bond acceptors (Lipinski definition) is 3. The van der Waals surface area contributed by atoms with E-state index in [-0.39, 0.29) is 42.9 Å². The van der Waals surface area contributed by atoms with Crippen molar-refractivity contribution in [2.75, 3.05) is 6.54 Å². The van der Waals surface area contributed by atoms with E-state index in [1.807, 2.05) is 0 Å². The number of carbonyl (C=O) groups excluding carboxylic acids is 1. The van der Waals surface area contributed by atoms with Crippen LogP contribution in [0.25, 0.3) is 0 Å². The molecule has 8 heteroatoms. The fourth-order valence-electron chi connectivity index (χ4n) is 2.19. The van der Waals surface area contributed by atoms with Gasteiger partial charge in [0.2, 0.25) is 5.91 Å². The summed E-state index contributed by atoms with van der Waals surface area (Å²) in [5, 5.41) is 2.71. The molecule has 1 unspecified atom stereocenters. The highest BCUT2D eigenvalue weighted by Crippen LogP contribution is 2.31. The maximum absolute atomic E-state index is 12.3. The molecular weight excluding hydrogens is 333 g/mol. The molecule has 0 saturated heterocycles. The van der Waals surface area contributed by atoms with E-state index in [1.54, 1.807) is 6.07 Å². The molecule has 0 spiro atoms.